The molecular formula is C26H10CuF8N2O8. The largest absolute Gasteiger partial charge is 2.00 e. The zero-order chi connectivity index (χ0) is 33.5. The number of carbonyl (C=O) groups excluding carboxylic acids is 2. The summed E-state index contributed by atoms with van der Waals surface area (Å²) < 4.78 is 102. The summed E-state index contributed by atoms with van der Waals surface area (Å²) in [5.74, 6) is -28.3. The van der Waals surface area contributed by atoms with Crippen LogP contribution in [0.1, 0.15) is 41.4 Å². The second kappa shape index (κ2) is 15.9. The van der Waals surface area contributed by atoms with Gasteiger partial charge in [-0.3, -0.25) is 9.97 Å². The van der Waals surface area contributed by atoms with Gasteiger partial charge < -0.3 is 30.0 Å². The van der Waals surface area contributed by atoms with Gasteiger partial charge in [-0.05, 0) is 24.3 Å². The number of aromatic carboxylic acids is 4. The summed E-state index contributed by atoms with van der Waals surface area (Å²) in [5, 5.41) is 37.3. The van der Waals surface area contributed by atoms with Crippen LogP contribution in [0.3, 0.4) is 0 Å². The molecule has 0 aliphatic rings. The van der Waals surface area contributed by atoms with Gasteiger partial charge in [0.1, 0.15) is 11.1 Å². The first-order valence-corrected chi connectivity index (χ1v) is 11.0. The number of pyridine rings is 2. The standard InChI is InChI=1S/C10H8N2.2C8H2F4O4.Cu/c1-3-7-11-9(5-1)10-6-2-4-8-12-10;2*9-3-1(7(13)14)2(8(15)16)4(10)6(12)5(3)11;/h1-8H;2*(H,13,14)(H,15,16);/q;;;+2/p-2. The molecule has 0 saturated heterocycles. The topological polar surface area (TPSA) is 181 Å². The Balaban J connectivity index is 0.000000337. The van der Waals surface area contributed by atoms with E-state index < -0.39 is 92.7 Å². The van der Waals surface area contributed by atoms with Crippen LogP contribution >= 0.6 is 0 Å². The number of hydrogen-bond acceptors (Lipinski definition) is 8. The molecule has 0 unspecified atom stereocenters. The van der Waals surface area contributed by atoms with Gasteiger partial charge in [0, 0.05) is 12.4 Å². The van der Waals surface area contributed by atoms with Crippen molar-refractivity contribution in [1.82, 2.24) is 9.97 Å². The van der Waals surface area contributed by atoms with E-state index in [9.17, 15) is 64.5 Å². The van der Waals surface area contributed by atoms with Crippen molar-refractivity contribution in [3.05, 3.63) is 118 Å². The minimum absolute atomic E-state index is 0. The Kier molecular flexibility index (Phi) is 13.3. The van der Waals surface area contributed by atoms with E-state index >= 15 is 0 Å². The third kappa shape index (κ3) is 8.36. The van der Waals surface area contributed by atoms with E-state index in [1.165, 1.54) is 0 Å². The van der Waals surface area contributed by atoms with E-state index in [2.05, 4.69) is 9.97 Å². The molecule has 0 atom stereocenters. The van der Waals surface area contributed by atoms with Crippen molar-refractivity contribution >= 4 is 23.9 Å². The number of halogens is 8. The molecule has 4 rings (SSSR count). The summed E-state index contributed by atoms with van der Waals surface area (Å²) in [7, 11) is 0. The fourth-order valence-electron chi connectivity index (χ4n) is 3.08. The first-order chi connectivity index (χ1) is 20.5. The Bertz CT molecular complexity index is 1550. The maximum absolute atomic E-state index is 12.9. The molecule has 4 aromatic rings. The van der Waals surface area contributed by atoms with Gasteiger partial charge >= 0.3 is 29.0 Å². The first kappa shape index (κ1) is 37.6. The molecule has 0 aliphatic heterocycles. The van der Waals surface area contributed by atoms with E-state index in [0.717, 1.165) is 11.4 Å². The van der Waals surface area contributed by atoms with E-state index in [0.29, 0.717) is 0 Å². The maximum atomic E-state index is 12.9. The molecule has 0 amide bonds. The molecule has 10 nitrogen and oxygen atoms in total. The Morgan fingerprint density at radius 3 is 0.956 bits per heavy atom. The first-order valence-electron chi connectivity index (χ1n) is 11.0. The molecule has 0 fully saturated rings. The number of nitrogens with zero attached hydrogens (tertiary/aromatic N) is 2. The summed E-state index contributed by atoms with van der Waals surface area (Å²) in [4.78, 5) is 49.7. The van der Waals surface area contributed by atoms with Gasteiger partial charge in [-0.1, -0.05) is 12.1 Å². The van der Waals surface area contributed by atoms with Crippen LogP contribution in [0.5, 0.6) is 0 Å². The molecule has 2 aromatic heterocycles. The summed E-state index contributed by atoms with van der Waals surface area (Å²) in [6, 6.07) is 11.6. The van der Waals surface area contributed by atoms with Gasteiger partial charge in [0.2, 0.25) is 0 Å². The summed E-state index contributed by atoms with van der Waals surface area (Å²) in [5.41, 5.74) is -5.56. The van der Waals surface area contributed by atoms with Gasteiger partial charge in [-0.2, -0.15) is 0 Å². The fourth-order valence-corrected chi connectivity index (χ4v) is 3.08. The fraction of sp³-hybridized carbons (Fsp3) is 0. The second-order valence-corrected chi connectivity index (χ2v) is 7.63. The van der Waals surface area contributed by atoms with E-state index in [4.69, 9.17) is 10.2 Å². The number of carboxylic acids is 4. The SMILES string of the molecule is O=C([O-])c1c(F)c(F)c(F)c(F)c1C(=O)O.O=C([O-])c1c(F)c(F)c(F)c(F)c1C(=O)O.[Cu+2].c1ccc(-c2ccccn2)nc1. The molecule has 2 heterocycles. The van der Waals surface area contributed by atoms with Gasteiger partial charge in [0.05, 0.1) is 34.5 Å². The van der Waals surface area contributed by atoms with Crippen LogP contribution in [0.25, 0.3) is 11.4 Å². The van der Waals surface area contributed by atoms with Crippen LogP contribution < -0.4 is 10.2 Å². The number of rotatable bonds is 5. The third-order valence-electron chi connectivity index (χ3n) is 4.96. The molecule has 2 N–H and O–H groups in total. The molecule has 0 saturated carbocycles. The molecule has 239 valence electrons. The van der Waals surface area contributed by atoms with Gasteiger partial charge in [0.15, 0.2) is 46.5 Å². The predicted octanol–water partition coefficient (Wildman–Crippen LogP) is 2.75. The molecule has 19 heteroatoms. The molecular weight excluding hydrogens is 684 g/mol. The van der Waals surface area contributed by atoms with Crippen LogP contribution in [-0.2, 0) is 17.1 Å². The normalized spacial score (nSPS) is 9.87. The van der Waals surface area contributed by atoms with E-state index in [-0.39, 0.29) is 17.1 Å². The molecule has 0 aliphatic carbocycles. The third-order valence-corrected chi connectivity index (χ3v) is 4.96. The molecule has 0 spiro atoms. The van der Waals surface area contributed by atoms with Crippen molar-refractivity contribution in [2.24, 2.45) is 0 Å². The molecule has 1 radical (unpaired) electrons. The quantitative estimate of drug-likeness (QED) is 0.137. The smallest absolute Gasteiger partial charge is 0.545 e. The van der Waals surface area contributed by atoms with Crippen molar-refractivity contribution in [3.8, 4) is 11.4 Å². The summed E-state index contributed by atoms with van der Waals surface area (Å²) in [6.07, 6.45) is 3.54. The minimum atomic E-state index is -2.47. The van der Waals surface area contributed by atoms with Crippen LogP contribution in [0, 0.1) is 46.5 Å². The Morgan fingerprint density at radius 2 is 0.756 bits per heavy atom. The summed E-state index contributed by atoms with van der Waals surface area (Å²) in [6.45, 7) is 0. The average molecular weight is 694 g/mol. The summed E-state index contributed by atoms with van der Waals surface area (Å²) >= 11 is 0. The van der Waals surface area contributed by atoms with Gasteiger partial charge in [-0.15, -0.1) is 0 Å². The van der Waals surface area contributed by atoms with Gasteiger partial charge in [-0.25, -0.2) is 44.7 Å². The Morgan fingerprint density at radius 1 is 0.489 bits per heavy atom. The minimum Gasteiger partial charge on any atom is -0.545 e. The predicted molar refractivity (Wildman–Crippen MR) is 123 cm³/mol. The zero-order valence-electron chi connectivity index (χ0n) is 21.2. The second-order valence-electron chi connectivity index (χ2n) is 7.63. The number of carbonyl (C=O) groups is 4. The maximum Gasteiger partial charge on any atom is 2.00 e. The van der Waals surface area contributed by atoms with Crippen molar-refractivity contribution < 1.29 is 91.8 Å². The number of carboxylic acid groups (broad SMARTS) is 4. The van der Waals surface area contributed by atoms with E-state index in [1.807, 2.05) is 36.4 Å². The van der Waals surface area contributed by atoms with Crippen LogP contribution in [0.2, 0.25) is 0 Å². The number of benzene rings is 2. The van der Waals surface area contributed by atoms with Gasteiger partial charge in [0.25, 0.3) is 0 Å². The monoisotopic (exact) mass is 693 g/mol. The molecule has 0 bridgehead atoms. The molecule has 45 heavy (non-hydrogen) atoms. The zero-order valence-corrected chi connectivity index (χ0v) is 22.1. The average Bonchev–Trinajstić information content (AvgIpc) is 2.99. The Labute approximate surface area is 254 Å². The van der Waals surface area contributed by atoms with Crippen LogP contribution in [-0.4, -0.2) is 44.1 Å². The van der Waals surface area contributed by atoms with E-state index in [1.54, 1.807) is 12.4 Å². The van der Waals surface area contributed by atoms with Crippen LogP contribution in [0.4, 0.5) is 35.1 Å². The van der Waals surface area contributed by atoms with Crippen molar-refractivity contribution in [2.75, 3.05) is 0 Å². The van der Waals surface area contributed by atoms with Crippen molar-refractivity contribution in [2.45, 2.75) is 0 Å². The van der Waals surface area contributed by atoms with Crippen molar-refractivity contribution in [1.29, 1.82) is 0 Å². The Hall–Kier alpha value is -5.42. The number of aromatic nitrogens is 2. The van der Waals surface area contributed by atoms with Crippen LogP contribution in [0.15, 0.2) is 48.8 Å². The van der Waals surface area contributed by atoms with Crippen molar-refractivity contribution in [3.63, 3.8) is 0 Å². The molecule has 2 aromatic carbocycles. The number of hydrogen-bond donors (Lipinski definition) is 2.